The predicted octanol–water partition coefficient (Wildman–Crippen LogP) is 3.33. The molecule has 100 valence electrons. The highest BCUT2D eigenvalue weighted by atomic mass is 32.1. The van der Waals surface area contributed by atoms with Crippen LogP contribution in [0.2, 0.25) is 0 Å². The summed E-state index contributed by atoms with van der Waals surface area (Å²) in [4.78, 5) is 16.3. The number of nitrogens with zero attached hydrogens (tertiary/aromatic N) is 4. The molecule has 3 aromatic heterocycles. The van der Waals surface area contributed by atoms with Crippen molar-refractivity contribution in [2.75, 3.05) is 19.0 Å². The first-order valence-electron chi connectivity index (χ1n) is 6.25. The zero-order valence-corrected chi connectivity index (χ0v) is 12.1. The summed E-state index contributed by atoms with van der Waals surface area (Å²) in [5.74, 6) is 0.943. The molecule has 0 bridgehead atoms. The van der Waals surface area contributed by atoms with Gasteiger partial charge in [-0.2, -0.15) is 0 Å². The van der Waals surface area contributed by atoms with Crippen LogP contribution in [0.5, 0.6) is 0 Å². The lowest BCUT2D eigenvalue weighted by Gasteiger charge is -2.11. The molecule has 4 nitrogen and oxygen atoms in total. The van der Waals surface area contributed by atoms with Crippen LogP contribution in [0.3, 0.4) is 0 Å². The standard InChI is InChI=1S/C15H14N4S/c1-19(2)14-7-3-6-12(18-14)13-10-17-15(20-13)11-5-4-8-16-9-11/h3-10H,1-2H3. The Balaban J connectivity index is 1.96. The van der Waals surface area contributed by atoms with Crippen LogP contribution in [0, 0.1) is 0 Å². The molecule has 0 radical (unpaired) electrons. The number of thiazole rings is 1. The molecule has 0 atom stereocenters. The van der Waals surface area contributed by atoms with Crippen molar-refractivity contribution in [1.82, 2.24) is 15.0 Å². The molecule has 3 heterocycles. The number of pyridine rings is 2. The molecular weight excluding hydrogens is 268 g/mol. The molecule has 3 rings (SSSR count). The normalized spacial score (nSPS) is 10.5. The van der Waals surface area contributed by atoms with E-state index < -0.39 is 0 Å². The summed E-state index contributed by atoms with van der Waals surface area (Å²) in [5, 5.41) is 0.963. The van der Waals surface area contributed by atoms with Gasteiger partial charge in [-0.05, 0) is 24.3 Å². The Kier molecular flexibility index (Phi) is 3.43. The van der Waals surface area contributed by atoms with Gasteiger partial charge in [-0.1, -0.05) is 6.07 Å². The van der Waals surface area contributed by atoms with Gasteiger partial charge < -0.3 is 4.90 Å². The molecule has 0 unspecified atom stereocenters. The van der Waals surface area contributed by atoms with Crippen molar-refractivity contribution in [2.24, 2.45) is 0 Å². The quantitative estimate of drug-likeness (QED) is 0.739. The zero-order valence-electron chi connectivity index (χ0n) is 11.3. The van der Waals surface area contributed by atoms with E-state index in [1.54, 1.807) is 17.5 Å². The molecule has 0 aromatic carbocycles. The molecule has 0 amide bonds. The molecule has 0 saturated carbocycles. The smallest absolute Gasteiger partial charge is 0.128 e. The Hall–Kier alpha value is -2.27. The van der Waals surface area contributed by atoms with Gasteiger partial charge in [0.1, 0.15) is 10.8 Å². The van der Waals surface area contributed by atoms with E-state index in [1.807, 2.05) is 61.7 Å². The maximum Gasteiger partial charge on any atom is 0.128 e. The lowest BCUT2D eigenvalue weighted by molar-refractivity contribution is 1.07. The summed E-state index contributed by atoms with van der Waals surface area (Å²) in [6.07, 6.45) is 5.46. The van der Waals surface area contributed by atoms with E-state index in [2.05, 4.69) is 15.0 Å². The Morgan fingerprint density at radius 2 is 1.95 bits per heavy atom. The second-order valence-electron chi connectivity index (χ2n) is 4.55. The van der Waals surface area contributed by atoms with Crippen LogP contribution in [0.4, 0.5) is 5.82 Å². The zero-order chi connectivity index (χ0) is 13.9. The fourth-order valence-electron chi connectivity index (χ4n) is 1.82. The number of rotatable bonds is 3. The van der Waals surface area contributed by atoms with Crippen molar-refractivity contribution >= 4 is 17.2 Å². The summed E-state index contributed by atoms with van der Waals surface area (Å²) < 4.78 is 0. The average Bonchev–Trinajstić information content (AvgIpc) is 2.98. The SMILES string of the molecule is CN(C)c1cccc(-c2cnc(-c3cccnc3)s2)n1. The van der Waals surface area contributed by atoms with E-state index in [0.717, 1.165) is 27.0 Å². The molecule has 0 aliphatic heterocycles. The van der Waals surface area contributed by atoms with Crippen molar-refractivity contribution in [1.29, 1.82) is 0 Å². The summed E-state index contributed by atoms with van der Waals surface area (Å²) in [6.45, 7) is 0. The third kappa shape index (κ3) is 2.53. The fraction of sp³-hybridized carbons (Fsp3) is 0.133. The van der Waals surface area contributed by atoms with E-state index in [9.17, 15) is 0 Å². The maximum atomic E-state index is 4.63. The molecule has 0 N–H and O–H groups in total. The van der Waals surface area contributed by atoms with E-state index in [-0.39, 0.29) is 0 Å². The van der Waals surface area contributed by atoms with Gasteiger partial charge in [-0.3, -0.25) is 4.98 Å². The second-order valence-corrected chi connectivity index (χ2v) is 5.58. The van der Waals surface area contributed by atoms with Crippen LogP contribution < -0.4 is 4.90 Å². The molecular formula is C15H14N4S. The summed E-state index contributed by atoms with van der Waals surface area (Å²) in [6, 6.07) is 9.95. The first kappa shape index (κ1) is 12.7. The molecule has 0 aliphatic carbocycles. The first-order valence-corrected chi connectivity index (χ1v) is 7.06. The minimum absolute atomic E-state index is 0.943. The Labute approximate surface area is 121 Å². The fourth-order valence-corrected chi connectivity index (χ4v) is 2.70. The van der Waals surface area contributed by atoms with Crippen LogP contribution in [0.25, 0.3) is 21.1 Å². The van der Waals surface area contributed by atoms with Gasteiger partial charge in [0.15, 0.2) is 0 Å². The molecule has 20 heavy (non-hydrogen) atoms. The van der Waals surface area contributed by atoms with Crippen molar-refractivity contribution < 1.29 is 0 Å². The molecule has 0 aliphatic rings. The minimum Gasteiger partial charge on any atom is -0.363 e. The third-order valence-corrected chi connectivity index (χ3v) is 3.93. The van der Waals surface area contributed by atoms with E-state index in [1.165, 1.54) is 0 Å². The highest BCUT2D eigenvalue weighted by Gasteiger charge is 2.08. The molecule has 5 heteroatoms. The monoisotopic (exact) mass is 282 g/mol. The lowest BCUT2D eigenvalue weighted by Crippen LogP contribution is -2.10. The van der Waals surface area contributed by atoms with Gasteiger partial charge in [0, 0.05) is 38.2 Å². The van der Waals surface area contributed by atoms with Crippen LogP contribution >= 0.6 is 11.3 Å². The van der Waals surface area contributed by atoms with Crippen molar-refractivity contribution in [2.45, 2.75) is 0 Å². The Bertz CT molecular complexity index is 707. The van der Waals surface area contributed by atoms with E-state index >= 15 is 0 Å². The van der Waals surface area contributed by atoms with Gasteiger partial charge in [-0.25, -0.2) is 9.97 Å². The Morgan fingerprint density at radius 1 is 1.05 bits per heavy atom. The number of anilines is 1. The summed E-state index contributed by atoms with van der Waals surface area (Å²) in [7, 11) is 3.97. The van der Waals surface area contributed by atoms with Gasteiger partial charge in [0.2, 0.25) is 0 Å². The largest absolute Gasteiger partial charge is 0.363 e. The highest BCUT2D eigenvalue weighted by Crippen LogP contribution is 2.31. The number of aromatic nitrogens is 3. The summed E-state index contributed by atoms with van der Waals surface area (Å²) >= 11 is 1.63. The van der Waals surface area contributed by atoms with Gasteiger partial charge >= 0.3 is 0 Å². The second kappa shape index (κ2) is 5.38. The summed E-state index contributed by atoms with van der Waals surface area (Å²) in [5.41, 5.74) is 1.98. The van der Waals surface area contributed by atoms with Crippen molar-refractivity contribution in [3.8, 4) is 21.1 Å². The molecule has 0 spiro atoms. The lowest BCUT2D eigenvalue weighted by atomic mass is 10.3. The van der Waals surface area contributed by atoms with Crippen LogP contribution in [-0.4, -0.2) is 29.0 Å². The first-order chi connectivity index (χ1) is 9.74. The molecule has 3 aromatic rings. The van der Waals surface area contributed by atoms with Gasteiger partial charge in [0.05, 0.1) is 10.6 Å². The minimum atomic E-state index is 0.943. The highest BCUT2D eigenvalue weighted by molar-refractivity contribution is 7.18. The predicted molar refractivity (Wildman–Crippen MR) is 82.9 cm³/mol. The number of hydrogen-bond acceptors (Lipinski definition) is 5. The van der Waals surface area contributed by atoms with Crippen molar-refractivity contribution in [3.05, 3.63) is 48.9 Å². The van der Waals surface area contributed by atoms with Crippen LogP contribution in [0.15, 0.2) is 48.9 Å². The van der Waals surface area contributed by atoms with Crippen molar-refractivity contribution in [3.63, 3.8) is 0 Å². The third-order valence-electron chi connectivity index (χ3n) is 2.86. The number of hydrogen-bond donors (Lipinski definition) is 0. The topological polar surface area (TPSA) is 41.9 Å². The molecule has 0 fully saturated rings. The van der Waals surface area contributed by atoms with E-state index in [4.69, 9.17) is 0 Å². The average molecular weight is 282 g/mol. The van der Waals surface area contributed by atoms with Gasteiger partial charge in [-0.15, -0.1) is 11.3 Å². The molecule has 0 saturated heterocycles. The Morgan fingerprint density at radius 3 is 2.70 bits per heavy atom. The van der Waals surface area contributed by atoms with Gasteiger partial charge in [0.25, 0.3) is 0 Å². The van der Waals surface area contributed by atoms with E-state index in [0.29, 0.717) is 0 Å². The maximum absolute atomic E-state index is 4.63. The van der Waals surface area contributed by atoms with Crippen LogP contribution in [-0.2, 0) is 0 Å². The van der Waals surface area contributed by atoms with Crippen LogP contribution in [0.1, 0.15) is 0 Å².